The van der Waals surface area contributed by atoms with Crippen LogP contribution in [0.1, 0.15) is 11.7 Å². The number of nitrogens with zero attached hydrogens (tertiary/aromatic N) is 2. The minimum atomic E-state index is -0.196. The largest absolute Gasteiger partial charge is 0.492 e. The van der Waals surface area contributed by atoms with Crippen molar-refractivity contribution in [2.75, 3.05) is 6.61 Å². The van der Waals surface area contributed by atoms with Crippen LogP contribution in [0.4, 0.5) is 0 Å². The van der Waals surface area contributed by atoms with Gasteiger partial charge in [0.2, 0.25) is 0 Å². The lowest BCUT2D eigenvalue weighted by Gasteiger charge is -2.13. The lowest BCUT2D eigenvalue weighted by molar-refractivity contribution is 0.285. The van der Waals surface area contributed by atoms with E-state index in [2.05, 4.69) is 5.10 Å². The van der Waals surface area contributed by atoms with Gasteiger partial charge in [0.1, 0.15) is 12.4 Å². The number of rotatable bonds is 4. The molecule has 0 aliphatic heterocycles. The molecule has 0 fully saturated rings. The fourth-order valence-corrected chi connectivity index (χ4v) is 1.68. The molecule has 0 aliphatic rings. The summed E-state index contributed by atoms with van der Waals surface area (Å²) in [5.41, 5.74) is 6.95. The van der Waals surface area contributed by atoms with Crippen molar-refractivity contribution in [1.82, 2.24) is 9.78 Å². The molecule has 0 saturated heterocycles. The maximum absolute atomic E-state index is 6.01. The van der Waals surface area contributed by atoms with Crippen molar-refractivity contribution >= 4 is 11.6 Å². The first-order valence-electron chi connectivity index (χ1n) is 5.28. The van der Waals surface area contributed by atoms with Crippen LogP contribution in [0.5, 0.6) is 5.75 Å². The second-order valence-corrected chi connectivity index (χ2v) is 4.19. The summed E-state index contributed by atoms with van der Waals surface area (Å²) in [6, 6.07) is 8.89. The molecule has 1 aromatic heterocycles. The number of halogens is 1. The van der Waals surface area contributed by atoms with Gasteiger partial charge in [-0.15, -0.1) is 0 Å². The van der Waals surface area contributed by atoms with Gasteiger partial charge in [-0.3, -0.25) is 4.68 Å². The van der Waals surface area contributed by atoms with Crippen molar-refractivity contribution in [1.29, 1.82) is 0 Å². The van der Waals surface area contributed by atoms with E-state index in [0.29, 0.717) is 11.6 Å². The third-order valence-electron chi connectivity index (χ3n) is 2.48. The summed E-state index contributed by atoms with van der Waals surface area (Å²) in [7, 11) is 1.86. The standard InChI is InChI=1S/C12H14ClN3O/c1-16-12(6-7-15-16)11(14)8-17-10-4-2-9(13)3-5-10/h2-7,11H,8,14H2,1H3. The van der Waals surface area contributed by atoms with Crippen LogP contribution in [0, 0.1) is 0 Å². The molecule has 0 bridgehead atoms. The highest BCUT2D eigenvalue weighted by Gasteiger charge is 2.10. The zero-order valence-corrected chi connectivity index (χ0v) is 10.3. The summed E-state index contributed by atoms with van der Waals surface area (Å²) in [5.74, 6) is 0.756. The van der Waals surface area contributed by atoms with Gasteiger partial charge in [0, 0.05) is 18.3 Å². The molecule has 1 atom stereocenters. The maximum atomic E-state index is 6.01. The second kappa shape index (κ2) is 5.21. The molecule has 0 saturated carbocycles. The molecule has 2 rings (SSSR count). The van der Waals surface area contributed by atoms with Crippen LogP contribution in [0.15, 0.2) is 36.5 Å². The number of ether oxygens (including phenoxy) is 1. The van der Waals surface area contributed by atoms with E-state index in [0.717, 1.165) is 11.4 Å². The molecule has 0 spiro atoms. The first-order chi connectivity index (χ1) is 8.16. The Balaban J connectivity index is 1.94. The number of hydrogen-bond acceptors (Lipinski definition) is 3. The Bertz CT molecular complexity index is 481. The van der Waals surface area contributed by atoms with Crippen LogP contribution < -0.4 is 10.5 Å². The Morgan fingerprint density at radius 1 is 1.35 bits per heavy atom. The van der Waals surface area contributed by atoms with E-state index in [4.69, 9.17) is 22.1 Å². The molecule has 0 amide bonds. The van der Waals surface area contributed by atoms with Crippen molar-refractivity contribution in [3.8, 4) is 5.75 Å². The number of aryl methyl sites for hydroxylation is 1. The highest BCUT2D eigenvalue weighted by molar-refractivity contribution is 6.30. The van der Waals surface area contributed by atoms with Gasteiger partial charge in [-0.2, -0.15) is 5.10 Å². The Kier molecular flexibility index (Phi) is 3.66. The minimum absolute atomic E-state index is 0.196. The molecule has 1 unspecified atom stereocenters. The van der Waals surface area contributed by atoms with Crippen molar-refractivity contribution in [3.05, 3.63) is 47.2 Å². The lowest BCUT2D eigenvalue weighted by Crippen LogP contribution is -2.21. The highest BCUT2D eigenvalue weighted by Crippen LogP contribution is 2.17. The Hall–Kier alpha value is -1.52. The van der Waals surface area contributed by atoms with E-state index in [9.17, 15) is 0 Å². The molecule has 2 aromatic rings. The van der Waals surface area contributed by atoms with Crippen LogP contribution >= 0.6 is 11.6 Å². The number of hydrogen-bond donors (Lipinski definition) is 1. The second-order valence-electron chi connectivity index (χ2n) is 3.75. The summed E-state index contributed by atoms with van der Waals surface area (Å²) in [5, 5.41) is 4.76. The molecule has 5 heteroatoms. The molecule has 0 radical (unpaired) electrons. The summed E-state index contributed by atoms with van der Waals surface area (Å²) in [6.45, 7) is 0.404. The smallest absolute Gasteiger partial charge is 0.119 e. The van der Waals surface area contributed by atoms with Crippen LogP contribution in [0.2, 0.25) is 5.02 Å². The van der Waals surface area contributed by atoms with Gasteiger partial charge in [-0.25, -0.2) is 0 Å². The summed E-state index contributed by atoms with van der Waals surface area (Å²) in [6.07, 6.45) is 1.72. The molecule has 2 N–H and O–H groups in total. The molecule has 0 aliphatic carbocycles. The van der Waals surface area contributed by atoms with Gasteiger partial charge in [0.15, 0.2) is 0 Å². The van der Waals surface area contributed by atoms with Crippen molar-refractivity contribution in [2.45, 2.75) is 6.04 Å². The van der Waals surface area contributed by atoms with Gasteiger partial charge in [-0.1, -0.05) is 11.6 Å². The summed E-state index contributed by atoms with van der Waals surface area (Å²) in [4.78, 5) is 0. The van der Waals surface area contributed by atoms with E-state index >= 15 is 0 Å². The van der Waals surface area contributed by atoms with Crippen molar-refractivity contribution in [2.24, 2.45) is 12.8 Å². The summed E-state index contributed by atoms with van der Waals surface area (Å²) < 4.78 is 7.32. The first kappa shape index (κ1) is 12.0. The molecular formula is C12H14ClN3O. The van der Waals surface area contributed by atoms with Crippen molar-refractivity contribution < 1.29 is 4.74 Å². The number of nitrogens with two attached hydrogens (primary N) is 1. The predicted octanol–water partition coefficient (Wildman–Crippen LogP) is 2.15. The zero-order chi connectivity index (χ0) is 12.3. The monoisotopic (exact) mass is 251 g/mol. The molecule has 1 aromatic carbocycles. The van der Waals surface area contributed by atoms with Crippen LogP contribution in [-0.2, 0) is 7.05 Å². The van der Waals surface area contributed by atoms with Gasteiger partial charge in [0.25, 0.3) is 0 Å². The first-order valence-corrected chi connectivity index (χ1v) is 5.66. The van der Waals surface area contributed by atoms with Gasteiger partial charge >= 0.3 is 0 Å². The van der Waals surface area contributed by atoms with E-state index in [1.165, 1.54) is 0 Å². The molecule has 90 valence electrons. The van der Waals surface area contributed by atoms with E-state index in [-0.39, 0.29) is 6.04 Å². The fourth-order valence-electron chi connectivity index (χ4n) is 1.55. The number of aromatic nitrogens is 2. The average Bonchev–Trinajstić information content (AvgIpc) is 2.74. The minimum Gasteiger partial charge on any atom is -0.492 e. The topological polar surface area (TPSA) is 53.1 Å². The lowest BCUT2D eigenvalue weighted by atomic mass is 10.2. The van der Waals surface area contributed by atoms with Crippen LogP contribution in [0.3, 0.4) is 0 Å². The Labute approximate surface area is 105 Å². The molecule has 4 nitrogen and oxygen atoms in total. The van der Waals surface area contributed by atoms with Gasteiger partial charge in [0.05, 0.1) is 11.7 Å². The third-order valence-corrected chi connectivity index (χ3v) is 2.73. The Morgan fingerprint density at radius 3 is 2.65 bits per heavy atom. The van der Waals surface area contributed by atoms with Crippen LogP contribution in [-0.4, -0.2) is 16.4 Å². The predicted molar refractivity (Wildman–Crippen MR) is 67.1 cm³/mol. The van der Waals surface area contributed by atoms with Crippen molar-refractivity contribution in [3.63, 3.8) is 0 Å². The van der Waals surface area contributed by atoms with E-state index in [1.807, 2.05) is 25.2 Å². The van der Waals surface area contributed by atoms with E-state index < -0.39 is 0 Å². The average molecular weight is 252 g/mol. The van der Waals surface area contributed by atoms with Gasteiger partial charge < -0.3 is 10.5 Å². The molecular weight excluding hydrogens is 238 g/mol. The normalized spacial score (nSPS) is 12.4. The summed E-state index contributed by atoms with van der Waals surface area (Å²) >= 11 is 5.78. The van der Waals surface area contributed by atoms with Crippen LogP contribution in [0.25, 0.3) is 0 Å². The Morgan fingerprint density at radius 2 is 2.06 bits per heavy atom. The zero-order valence-electron chi connectivity index (χ0n) is 9.51. The SMILES string of the molecule is Cn1nccc1C(N)COc1ccc(Cl)cc1. The number of benzene rings is 1. The molecule has 1 heterocycles. The quantitative estimate of drug-likeness (QED) is 0.906. The highest BCUT2D eigenvalue weighted by atomic mass is 35.5. The molecule has 17 heavy (non-hydrogen) atoms. The third kappa shape index (κ3) is 2.99. The van der Waals surface area contributed by atoms with E-state index in [1.54, 1.807) is 23.0 Å². The fraction of sp³-hybridized carbons (Fsp3) is 0.250. The maximum Gasteiger partial charge on any atom is 0.119 e. The van der Waals surface area contributed by atoms with Gasteiger partial charge in [-0.05, 0) is 30.3 Å².